The molecule has 4 fully saturated rings. The molecule has 23 heavy (non-hydrogen) atoms. The molecule has 0 saturated heterocycles. The molecule has 0 aliphatic heterocycles. The second-order valence-electron chi connectivity index (χ2n) is 9.86. The Hall–Kier alpha value is -0.300. The Morgan fingerprint density at radius 2 is 1.96 bits per heavy atom. The molecule has 0 aromatic rings. The monoisotopic (exact) mass is 316 g/mol. The lowest BCUT2D eigenvalue weighted by Crippen LogP contribution is -2.55. The van der Waals surface area contributed by atoms with E-state index in [1.165, 1.54) is 50.5 Å². The maximum Gasteiger partial charge on any atom is 0.0701 e. The lowest BCUT2D eigenvalue weighted by Gasteiger charge is -2.59. The normalized spacial score (nSPS) is 55.9. The van der Waals surface area contributed by atoms with Gasteiger partial charge in [-0.3, -0.25) is 0 Å². The van der Waals surface area contributed by atoms with E-state index in [2.05, 4.69) is 27.4 Å². The Morgan fingerprint density at radius 1 is 1.17 bits per heavy atom. The summed E-state index contributed by atoms with van der Waals surface area (Å²) in [7, 11) is 0. The van der Waals surface area contributed by atoms with Crippen LogP contribution in [0.3, 0.4) is 0 Å². The smallest absolute Gasteiger partial charge is 0.0701 e. The third kappa shape index (κ3) is 2.14. The van der Waals surface area contributed by atoms with Crippen LogP contribution in [0.4, 0.5) is 0 Å². The predicted octanol–water partition coefficient (Wildman–Crippen LogP) is 5.58. The SMILES string of the molecule is C=C1CC[C@H]2[C@@H](C1)C[C@@H](C)[C@@H]1[C@@H]2CC[C@@]2(C)[C@H]1CC[C@@]2(O)CC. The van der Waals surface area contributed by atoms with Gasteiger partial charge >= 0.3 is 0 Å². The van der Waals surface area contributed by atoms with Crippen molar-refractivity contribution >= 4 is 0 Å². The van der Waals surface area contributed by atoms with Crippen LogP contribution in [0.25, 0.3) is 0 Å². The Bertz CT molecular complexity index is 496. The molecule has 1 nitrogen and oxygen atoms in total. The molecule has 130 valence electrons. The van der Waals surface area contributed by atoms with Crippen molar-refractivity contribution in [3.63, 3.8) is 0 Å². The van der Waals surface area contributed by atoms with Crippen LogP contribution in [0.5, 0.6) is 0 Å². The molecule has 0 bridgehead atoms. The zero-order valence-electron chi connectivity index (χ0n) is 15.5. The highest BCUT2D eigenvalue weighted by Gasteiger charge is 2.62. The van der Waals surface area contributed by atoms with E-state index in [1.807, 2.05) is 0 Å². The molecule has 0 spiro atoms. The zero-order valence-corrected chi connectivity index (χ0v) is 15.5. The van der Waals surface area contributed by atoms with Gasteiger partial charge in [-0.2, -0.15) is 0 Å². The van der Waals surface area contributed by atoms with Crippen LogP contribution in [0.1, 0.15) is 78.6 Å². The number of hydrogen-bond donors (Lipinski definition) is 1. The van der Waals surface area contributed by atoms with Crippen molar-refractivity contribution in [2.75, 3.05) is 0 Å². The van der Waals surface area contributed by atoms with Crippen molar-refractivity contribution in [3.05, 3.63) is 12.2 Å². The number of allylic oxidation sites excluding steroid dienone is 1. The largest absolute Gasteiger partial charge is 0.389 e. The van der Waals surface area contributed by atoms with E-state index in [9.17, 15) is 5.11 Å². The van der Waals surface area contributed by atoms with Crippen molar-refractivity contribution in [2.45, 2.75) is 84.2 Å². The molecular formula is C22H36O. The first-order valence-electron chi connectivity index (χ1n) is 10.3. The molecule has 0 aromatic heterocycles. The van der Waals surface area contributed by atoms with Gasteiger partial charge in [-0.15, -0.1) is 0 Å². The summed E-state index contributed by atoms with van der Waals surface area (Å²) in [6.07, 6.45) is 11.3. The molecule has 4 rings (SSSR count). The van der Waals surface area contributed by atoms with Crippen molar-refractivity contribution in [1.29, 1.82) is 0 Å². The second kappa shape index (κ2) is 5.35. The number of rotatable bonds is 1. The minimum absolute atomic E-state index is 0.183. The van der Waals surface area contributed by atoms with Crippen LogP contribution in [-0.2, 0) is 0 Å². The standard InChI is InChI=1S/C22H36O/c1-5-22(23)11-9-19-20-15(3)13-16-12-14(2)6-7-17(16)18(20)8-10-21(19,22)4/h15-20,23H,2,5-13H2,1,3-4H3/t15-,16+,17+,18-,19+,20-,21+,22+/m1/s1. The summed E-state index contributed by atoms with van der Waals surface area (Å²) < 4.78 is 0. The lowest BCUT2D eigenvalue weighted by atomic mass is 9.46. The highest BCUT2D eigenvalue weighted by molar-refractivity contribution is 5.14. The molecule has 0 heterocycles. The fourth-order valence-electron chi connectivity index (χ4n) is 7.92. The summed E-state index contributed by atoms with van der Waals surface area (Å²) in [5, 5.41) is 11.3. The Labute approximate surface area is 142 Å². The number of fused-ring (bicyclic) bond motifs is 5. The second-order valence-corrected chi connectivity index (χ2v) is 9.86. The summed E-state index contributed by atoms with van der Waals surface area (Å²) in [6.45, 7) is 11.5. The van der Waals surface area contributed by atoms with Crippen molar-refractivity contribution in [2.24, 2.45) is 40.9 Å². The number of hydrogen-bond acceptors (Lipinski definition) is 1. The van der Waals surface area contributed by atoms with Gasteiger partial charge in [0.2, 0.25) is 0 Å². The molecule has 0 aromatic carbocycles. The first-order valence-corrected chi connectivity index (χ1v) is 10.3. The third-order valence-electron chi connectivity index (χ3n) is 9.16. The van der Waals surface area contributed by atoms with Crippen LogP contribution in [0.15, 0.2) is 12.2 Å². The van der Waals surface area contributed by atoms with Gasteiger partial charge < -0.3 is 5.11 Å². The predicted molar refractivity (Wildman–Crippen MR) is 96.0 cm³/mol. The molecule has 4 aliphatic carbocycles. The molecular weight excluding hydrogens is 280 g/mol. The summed E-state index contributed by atoms with van der Waals surface area (Å²) in [4.78, 5) is 0. The van der Waals surface area contributed by atoms with Gasteiger partial charge in [0.15, 0.2) is 0 Å². The number of aliphatic hydroxyl groups is 1. The van der Waals surface area contributed by atoms with Gasteiger partial charge in [-0.1, -0.05) is 32.9 Å². The van der Waals surface area contributed by atoms with Crippen molar-refractivity contribution in [1.82, 2.24) is 0 Å². The fraction of sp³-hybridized carbons (Fsp3) is 0.909. The maximum absolute atomic E-state index is 11.3. The molecule has 1 heteroatoms. The molecule has 1 N–H and O–H groups in total. The van der Waals surface area contributed by atoms with Crippen LogP contribution in [0.2, 0.25) is 0 Å². The van der Waals surface area contributed by atoms with E-state index in [1.54, 1.807) is 0 Å². The molecule has 4 saturated carbocycles. The van der Waals surface area contributed by atoms with Crippen molar-refractivity contribution in [3.8, 4) is 0 Å². The first-order chi connectivity index (χ1) is 10.9. The zero-order chi connectivity index (χ0) is 16.4. The Morgan fingerprint density at radius 3 is 2.70 bits per heavy atom. The lowest BCUT2D eigenvalue weighted by molar-refractivity contribution is -0.141. The summed E-state index contributed by atoms with van der Waals surface area (Å²) in [5.74, 6) is 5.31. The van der Waals surface area contributed by atoms with Gasteiger partial charge in [0, 0.05) is 0 Å². The van der Waals surface area contributed by atoms with E-state index in [0.717, 1.165) is 48.3 Å². The van der Waals surface area contributed by atoms with E-state index >= 15 is 0 Å². The van der Waals surface area contributed by atoms with Gasteiger partial charge in [0.25, 0.3) is 0 Å². The van der Waals surface area contributed by atoms with Gasteiger partial charge in [-0.25, -0.2) is 0 Å². The van der Waals surface area contributed by atoms with Crippen LogP contribution in [0, 0.1) is 40.9 Å². The Balaban J connectivity index is 1.64. The van der Waals surface area contributed by atoms with E-state index in [0.29, 0.717) is 0 Å². The fourth-order valence-corrected chi connectivity index (χ4v) is 7.92. The van der Waals surface area contributed by atoms with Crippen molar-refractivity contribution < 1.29 is 5.11 Å². The van der Waals surface area contributed by atoms with E-state index < -0.39 is 0 Å². The minimum atomic E-state index is -0.389. The highest BCUT2D eigenvalue weighted by atomic mass is 16.3. The quantitative estimate of drug-likeness (QED) is 0.626. The summed E-state index contributed by atoms with van der Waals surface area (Å²) >= 11 is 0. The Kier molecular flexibility index (Phi) is 3.76. The van der Waals surface area contributed by atoms with Gasteiger partial charge in [-0.05, 0) is 98.7 Å². The first kappa shape index (κ1) is 16.2. The van der Waals surface area contributed by atoms with Crippen LogP contribution < -0.4 is 0 Å². The third-order valence-corrected chi connectivity index (χ3v) is 9.16. The molecule has 8 atom stereocenters. The molecule has 4 aliphatic rings. The van der Waals surface area contributed by atoms with Crippen LogP contribution >= 0.6 is 0 Å². The highest BCUT2D eigenvalue weighted by Crippen LogP contribution is 2.67. The molecule has 0 amide bonds. The average molecular weight is 317 g/mol. The van der Waals surface area contributed by atoms with Gasteiger partial charge in [0.05, 0.1) is 5.60 Å². The molecule has 0 unspecified atom stereocenters. The average Bonchev–Trinajstić information content (AvgIpc) is 2.79. The summed E-state index contributed by atoms with van der Waals surface area (Å²) in [6, 6.07) is 0. The van der Waals surface area contributed by atoms with E-state index in [-0.39, 0.29) is 11.0 Å². The van der Waals surface area contributed by atoms with E-state index in [4.69, 9.17) is 0 Å². The summed E-state index contributed by atoms with van der Waals surface area (Å²) in [5.41, 5.74) is 1.31. The maximum atomic E-state index is 11.3. The van der Waals surface area contributed by atoms with Gasteiger partial charge in [0.1, 0.15) is 0 Å². The van der Waals surface area contributed by atoms with Crippen LogP contribution in [-0.4, -0.2) is 10.7 Å². The topological polar surface area (TPSA) is 20.2 Å². The minimum Gasteiger partial charge on any atom is -0.389 e. The molecule has 0 radical (unpaired) electrons.